The van der Waals surface area contributed by atoms with Gasteiger partial charge in [0.15, 0.2) is 10.9 Å². The molecule has 2 atom stereocenters. The van der Waals surface area contributed by atoms with Crippen LogP contribution in [0.4, 0.5) is 4.39 Å². The Kier molecular flexibility index (Phi) is 9.27. The van der Waals surface area contributed by atoms with E-state index in [1.54, 1.807) is 37.5 Å². The van der Waals surface area contributed by atoms with Gasteiger partial charge in [0.2, 0.25) is 0 Å². The van der Waals surface area contributed by atoms with Crippen molar-refractivity contribution in [1.29, 1.82) is 0 Å². The first-order valence-electron chi connectivity index (χ1n) is 11.4. The Balaban J connectivity index is 0.00000342. The van der Waals surface area contributed by atoms with Crippen molar-refractivity contribution in [3.05, 3.63) is 59.2 Å². The average molecular weight is 522 g/mol. The molecule has 2 heterocycles. The van der Waals surface area contributed by atoms with Crippen LogP contribution >= 0.6 is 24.2 Å². The maximum Gasteiger partial charge on any atom is 0.327 e. The normalized spacial score (nSPS) is 19.9. The number of Topliss-reactive ketones (excluding diaryl/α,β-unsaturated/α-hetero) is 1. The third-order valence-electron chi connectivity index (χ3n) is 5.92. The van der Waals surface area contributed by atoms with Crippen molar-refractivity contribution >= 4 is 47.1 Å². The predicted molar refractivity (Wildman–Crippen MR) is 135 cm³/mol. The summed E-state index contributed by atoms with van der Waals surface area (Å²) < 4.78 is 21.2. The van der Waals surface area contributed by atoms with Crippen molar-refractivity contribution in [1.82, 2.24) is 14.7 Å². The Hall–Kier alpha value is -2.49. The maximum atomic E-state index is 14.7. The number of hydrogen-bond acceptors (Lipinski definition) is 7. The fraction of sp³-hybridized carbons (Fsp3) is 0.440. The smallest absolute Gasteiger partial charge is 0.327 e. The molecule has 7 nitrogen and oxygen atoms in total. The molecular weight excluding hydrogens is 493 g/mol. The number of esters is 1. The SMILES string of the molecule is CCOC(=O)Cn1cc(/C=C2\CN(C(C(=O)C3CC3)c3ccccc3F)CC2SC(C)=O)cn1.Cl. The number of carbonyl (C=O) groups is 3. The van der Waals surface area contributed by atoms with Crippen LogP contribution in [-0.2, 0) is 25.7 Å². The van der Waals surface area contributed by atoms with Gasteiger partial charge in [-0.3, -0.25) is 24.0 Å². The van der Waals surface area contributed by atoms with E-state index in [0.717, 1.165) is 24.0 Å². The van der Waals surface area contributed by atoms with Crippen LogP contribution < -0.4 is 0 Å². The Labute approximate surface area is 214 Å². The monoisotopic (exact) mass is 521 g/mol. The number of likely N-dealkylation sites (tertiary alicyclic amines) is 1. The average Bonchev–Trinajstić information content (AvgIpc) is 3.44. The number of rotatable bonds is 9. The van der Waals surface area contributed by atoms with E-state index >= 15 is 0 Å². The van der Waals surface area contributed by atoms with E-state index in [1.807, 2.05) is 11.0 Å². The summed E-state index contributed by atoms with van der Waals surface area (Å²) in [6, 6.07) is 5.75. The van der Waals surface area contributed by atoms with Gasteiger partial charge in [-0.15, -0.1) is 12.4 Å². The number of hydrogen-bond donors (Lipinski definition) is 0. The molecule has 0 N–H and O–H groups in total. The van der Waals surface area contributed by atoms with Gasteiger partial charge < -0.3 is 4.74 Å². The van der Waals surface area contributed by atoms with Gasteiger partial charge in [0.05, 0.1) is 18.8 Å². The van der Waals surface area contributed by atoms with Crippen LogP contribution in [0.3, 0.4) is 0 Å². The van der Waals surface area contributed by atoms with Gasteiger partial charge in [-0.1, -0.05) is 36.0 Å². The van der Waals surface area contributed by atoms with Crippen molar-refractivity contribution in [3.63, 3.8) is 0 Å². The molecule has 0 spiro atoms. The first-order valence-corrected chi connectivity index (χ1v) is 12.3. The number of ketones is 1. The van der Waals surface area contributed by atoms with Crippen LogP contribution in [0.2, 0.25) is 0 Å². The Morgan fingerprint density at radius 2 is 2.03 bits per heavy atom. The summed E-state index contributed by atoms with van der Waals surface area (Å²) in [6.07, 6.45) is 7.01. The van der Waals surface area contributed by atoms with Crippen LogP contribution in [0.5, 0.6) is 0 Å². The van der Waals surface area contributed by atoms with Gasteiger partial charge >= 0.3 is 5.97 Å². The lowest BCUT2D eigenvalue weighted by atomic mass is 9.97. The third kappa shape index (κ3) is 6.80. The second-order valence-electron chi connectivity index (χ2n) is 8.62. The zero-order valence-electron chi connectivity index (χ0n) is 19.7. The minimum absolute atomic E-state index is 0. The van der Waals surface area contributed by atoms with E-state index in [0.29, 0.717) is 25.3 Å². The third-order valence-corrected chi connectivity index (χ3v) is 6.99. The zero-order valence-corrected chi connectivity index (χ0v) is 21.3. The maximum absolute atomic E-state index is 14.7. The largest absolute Gasteiger partial charge is 0.465 e. The van der Waals surface area contributed by atoms with E-state index in [9.17, 15) is 18.8 Å². The lowest BCUT2D eigenvalue weighted by Gasteiger charge is -2.27. The van der Waals surface area contributed by atoms with E-state index in [1.165, 1.54) is 29.4 Å². The van der Waals surface area contributed by atoms with Gasteiger partial charge in [-0.05, 0) is 31.4 Å². The summed E-state index contributed by atoms with van der Waals surface area (Å²) in [7, 11) is 0. The molecule has 2 aromatic rings. The highest BCUT2D eigenvalue weighted by atomic mass is 35.5. The fourth-order valence-electron chi connectivity index (χ4n) is 4.29. The number of ether oxygens (including phenoxy) is 1. The van der Waals surface area contributed by atoms with Crippen LogP contribution in [-0.4, -0.2) is 56.5 Å². The molecule has 1 aliphatic heterocycles. The molecule has 2 fully saturated rings. The van der Waals surface area contributed by atoms with Crippen molar-refractivity contribution < 1.29 is 23.5 Å². The van der Waals surface area contributed by atoms with E-state index in [2.05, 4.69) is 5.10 Å². The molecule has 2 aliphatic rings. The van der Waals surface area contributed by atoms with E-state index in [-0.39, 0.29) is 47.0 Å². The van der Waals surface area contributed by atoms with Crippen molar-refractivity contribution in [2.24, 2.45) is 5.92 Å². The summed E-state index contributed by atoms with van der Waals surface area (Å²) in [4.78, 5) is 38.9. The number of benzene rings is 1. The molecule has 1 aromatic carbocycles. The second-order valence-corrected chi connectivity index (χ2v) is 10.0. The number of nitrogens with zero attached hydrogens (tertiary/aromatic N) is 3. The second kappa shape index (κ2) is 12.0. The highest BCUT2D eigenvalue weighted by Crippen LogP contribution is 2.41. The molecule has 1 aliphatic carbocycles. The quantitative estimate of drug-likeness (QED) is 0.460. The Bertz CT molecular complexity index is 1120. The molecule has 0 radical (unpaired) electrons. The first-order chi connectivity index (χ1) is 16.4. The van der Waals surface area contributed by atoms with Crippen molar-refractivity contribution in [3.8, 4) is 0 Å². The van der Waals surface area contributed by atoms with Crippen molar-refractivity contribution in [2.45, 2.75) is 44.5 Å². The summed E-state index contributed by atoms with van der Waals surface area (Å²) in [5.41, 5.74) is 2.13. The summed E-state index contributed by atoms with van der Waals surface area (Å²) in [6.45, 7) is 4.49. The minimum atomic E-state index is -0.679. The van der Waals surface area contributed by atoms with Crippen LogP contribution in [0, 0.1) is 11.7 Å². The summed E-state index contributed by atoms with van der Waals surface area (Å²) in [5, 5.41) is 4.04. The van der Waals surface area contributed by atoms with E-state index < -0.39 is 11.9 Å². The molecule has 0 bridgehead atoms. The van der Waals surface area contributed by atoms with Crippen LogP contribution in [0.1, 0.15) is 43.9 Å². The molecule has 35 heavy (non-hydrogen) atoms. The minimum Gasteiger partial charge on any atom is -0.465 e. The lowest BCUT2D eigenvalue weighted by molar-refractivity contribution is -0.144. The first kappa shape index (κ1) is 27.1. The highest BCUT2D eigenvalue weighted by Gasteiger charge is 2.43. The van der Waals surface area contributed by atoms with Gasteiger partial charge in [-0.2, -0.15) is 5.10 Å². The van der Waals surface area contributed by atoms with Crippen molar-refractivity contribution in [2.75, 3.05) is 19.7 Å². The zero-order chi connectivity index (χ0) is 24.2. The molecule has 0 amide bonds. The molecule has 1 saturated carbocycles. The number of halogens is 2. The lowest BCUT2D eigenvalue weighted by Crippen LogP contribution is -2.34. The molecule has 1 saturated heterocycles. The van der Waals surface area contributed by atoms with Gasteiger partial charge in [-0.25, -0.2) is 4.39 Å². The fourth-order valence-corrected chi connectivity index (χ4v) is 5.25. The predicted octanol–water partition coefficient (Wildman–Crippen LogP) is 4.07. The molecule has 4 rings (SSSR count). The molecule has 10 heteroatoms. The Morgan fingerprint density at radius 3 is 2.69 bits per heavy atom. The highest BCUT2D eigenvalue weighted by molar-refractivity contribution is 8.14. The Morgan fingerprint density at radius 1 is 1.29 bits per heavy atom. The number of thioether (sulfide) groups is 1. The number of carbonyl (C=O) groups excluding carboxylic acids is 3. The molecule has 188 valence electrons. The van der Waals surface area contributed by atoms with Gasteiger partial charge in [0, 0.05) is 48.5 Å². The van der Waals surface area contributed by atoms with Crippen LogP contribution in [0.15, 0.2) is 42.2 Å². The molecule has 1 aromatic heterocycles. The summed E-state index contributed by atoms with van der Waals surface area (Å²) in [5.74, 6) is -0.749. The standard InChI is InChI=1S/C25H28FN3O4S.ClH/c1-3-33-23(31)15-29-12-17(11-27-29)10-19-13-28(14-22(19)34-16(2)30)24(25(32)18-8-9-18)20-6-4-5-7-21(20)26;/h4-7,10-12,18,22,24H,3,8-9,13-15H2,1-2H3;1H/b19-10+;. The topological polar surface area (TPSA) is 81.5 Å². The number of aromatic nitrogens is 2. The van der Waals surface area contributed by atoms with Gasteiger partial charge in [0.25, 0.3) is 0 Å². The van der Waals surface area contributed by atoms with Crippen LogP contribution in [0.25, 0.3) is 6.08 Å². The molecule has 2 unspecified atom stereocenters. The van der Waals surface area contributed by atoms with Gasteiger partial charge in [0.1, 0.15) is 12.4 Å². The van der Waals surface area contributed by atoms with E-state index in [4.69, 9.17) is 4.74 Å². The summed E-state index contributed by atoms with van der Waals surface area (Å²) >= 11 is 1.21. The molecular formula is C25H29ClFN3O4S.